The predicted molar refractivity (Wildman–Crippen MR) is 96.3 cm³/mol. The van der Waals surface area contributed by atoms with E-state index in [0.717, 1.165) is 11.5 Å². The summed E-state index contributed by atoms with van der Waals surface area (Å²) in [5, 5.41) is 14.1. The average Bonchev–Trinajstić information content (AvgIpc) is 2.52. The zero-order chi connectivity index (χ0) is 17.7. The molecule has 0 saturated carbocycles. The topological polar surface area (TPSA) is 67.3 Å². The van der Waals surface area contributed by atoms with Crippen molar-refractivity contribution in [2.45, 2.75) is 38.9 Å². The van der Waals surface area contributed by atoms with Crippen LogP contribution in [0.25, 0.3) is 0 Å². The first-order chi connectivity index (χ1) is 11.3. The summed E-state index contributed by atoms with van der Waals surface area (Å²) in [6.45, 7) is 6.88. The molecule has 5 nitrogen and oxygen atoms in total. The van der Waals surface area contributed by atoms with Gasteiger partial charge in [-0.1, -0.05) is 50.6 Å². The highest BCUT2D eigenvalue weighted by molar-refractivity contribution is 6.31. The molecule has 0 fully saturated rings. The molecule has 1 unspecified atom stereocenters. The fraction of sp³-hybridized carbons (Fsp3) is 0.444. The van der Waals surface area contributed by atoms with Crippen molar-refractivity contribution in [1.29, 1.82) is 0 Å². The number of nitrogens with zero attached hydrogens (tertiary/aromatic N) is 2. The van der Waals surface area contributed by atoms with Crippen molar-refractivity contribution in [2.75, 3.05) is 19.0 Å². The maximum absolute atomic E-state index is 10.3. The van der Waals surface area contributed by atoms with E-state index in [-0.39, 0.29) is 5.41 Å². The minimum absolute atomic E-state index is 0.179. The van der Waals surface area contributed by atoms with Gasteiger partial charge < -0.3 is 15.2 Å². The van der Waals surface area contributed by atoms with E-state index < -0.39 is 6.10 Å². The van der Waals surface area contributed by atoms with Crippen molar-refractivity contribution >= 4 is 17.4 Å². The van der Waals surface area contributed by atoms with Crippen molar-refractivity contribution in [1.82, 2.24) is 9.97 Å². The Hall–Kier alpha value is -1.69. The number of methoxy groups -OCH3 is 1. The maximum Gasteiger partial charge on any atom is 0.136 e. The van der Waals surface area contributed by atoms with Crippen LogP contribution in [0.1, 0.15) is 44.0 Å². The van der Waals surface area contributed by atoms with Crippen molar-refractivity contribution in [2.24, 2.45) is 0 Å². The Morgan fingerprint density at radius 1 is 1.25 bits per heavy atom. The molecule has 0 saturated heterocycles. The van der Waals surface area contributed by atoms with Gasteiger partial charge in [-0.3, -0.25) is 0 Å². The zero-order valence-corrected chi connectivity index (χ0v) is 15.3. The molecule has 1 atom stereocenters. The van der Waals surface area contributed by atoms with Crippen LogP contribution in [0.2, 0.25) is 5.02 Å². The minimum atomic E-state index is -0.724. The smallest absolute Gasteiger partial charge is 0.136 e. The van der Waals surface area contributed by atoms with Crippen molar-refractivity contribution in [3.8, 4) is 0 Å². The molecule has 0 spiro atoms. The molecule has 1 aromatic carbocycles. The van der Waals surface area contributed by atoms with Gasteiger partial charge in [0.25, 0.3) is 0 Å². The van der Waals surface area contributed by atoms with Gasteiger partial charge in [0, 0.05) is 35.7 Å². The summed E-state index contributed by atoms with van der Waals surface area (Å²) in [5.41, 5.74) is 1.31. The third kappa shape index (κ3) is 4.90. The first-order valence-corrected chi connectivity index (χ1v) is 8.23. The van der Waals surface area contributed by atoms with E-state index in [1.807, 2.05) is 24.3 Å². The second kappa shape index (κ2) is 7.92. The zero-order valence-electron chi connectivity index (χ0n) is 14.5. The highest BCUT2D eigenvalue weighted by Gasteiger charge is 2.19. The molecule has 0 aliphatic carbocycles. The molecule has 1 aromatic heterocycles. The summed E-state index contributed by atoms with van der Waals surface area (Å²) in [7, 11) is 1.63. The fourth-order valence-electron chi connectivity index (χ4n) is 2.20. The summed E-state index contributed by atoms with van der Waals surface area (Å²) in [5.74, 6) is 1.39. The van der Waals surface area contributed by atoms with Crippen LogP contribution in [0, 0.1) is 0 Å². The summed E-state index contributed by atoms with van der Waals surface area (Å²) < 4.78 is 5.18. The number of hydrogen-bond donors (Lipinski definition) is 2. The lowest BCUT2D eigenvalue weighted by atomic mass is 9.95. The Labute approximate surface area is 148 Å². The first kappa shape index (κ1) is 18.6. The largest absolute Gasteiger partial charge is 0.387 e. The van der Waals surface area contributed by atoms with E-state index in [1.165, 1.54) is 0 Å². The first-order valence-electron chi connectivity index (χ1n) is 7.85. The molecule has 0 aliphatic rings. The van der Waals surface area contributed by atoms with Crippen LogP contribution in [0.3, 0.4) is 0 Å². The Morgan fingerprint density at radius 3 is 2.58 bits per heavy atom. The van der Waals surface area contributed by atoms with E-state index >= 15 is 0 Å². The lowest BCUT2D eigenvalue weighted by molar-refractivity contribution is 0.181. The summed E-state index contributed by atoms with van der Waals surface area (Å²) >= 11 is 6.12. The Morgan fingerprint density at radius 2 is 1.96 bits per heavy atom. The van der Waals surface area contributed by atoms with Gasteiger partial charge in [0.2, 0.25) is 0 Å². The summed E-state index contributed by atoms with van der Waals surface area (Å²) in [6, 6.07) is 9.09. The minimum Gasteiger partial charge on any atom is -0.387 e. The number of rotatable bonds is 6. The Balaban J connectivity index is 2.16. The predicted octanol–water partition coefficient (Wildman–Crippen LogP) is 3.72. The normalized spacial score (nSPS) is 12.9. The lowest BCUT2D eigenvalue weighted by Gasteiger charge is -2.20. The van der Waals surface area contributed by atoms with Gasteiger partial charge in [0.05, 0.1) is 18.4 Å². The number of ether oxygens (including phenoxy) is 1. The van der Waals surface area contributed by atoms with E-state index in [0.29, 0.717) is 29.6 Å². The van der Waals surface area contributed by atoms with Gasteiger partial charge in [-0.05, 0) is 6.07 Å². The van der Waals surface area contributed by atoms with Gasteiger partial charge in [-0.2, -0.15) is 0 Å². The molecular weight excluding hydrogens is 326 g/mol. The van der Waals surface area contributed by atoms with Gasteiger partial charge in [-0.15, -0.1) is 0 Å². The van der Waals surface area contributed by atoms with E-state index in [2.05, 4.69) is 36.1 Å². The highest BCUT2D eigenvalue weighted by atomic mass is 35.5. The molecular formula is C18H24ClN3O2. The lowest BCUT2D eigenvalue weighted by Crippen LogP contribution is -2.20. The number of halogens is 1. The van der Waals surface area contributed by atoms with Crippen LogP contribution in [-0.4, -0.2) is 28.7 Å². The molecule has 0 radical (unpaired) electrons. The molecule has 1 heterocycles. The number of nitrogens with one attached hydrogen (secondary N) is 1. The number of anilines is 1. The summed E-state index contributed by atoms with van der Waals surface area (Å²) in [6.07, 6.45) is -0.724. The molecule has 0 amide bonds. The van der Waals surface area contributed by atoms with Crippen LogP contribution < -0.4 is 5.32 Å². The third-order valence-corrected chi connectivity index (χ3v) is 3.83. The quantitative estimate of drug-likeness (QED) is 0.832. The van der Waals surface area contributed by atoms with Crippen LogP contribution in [-0.2, 0) is 16.8 Å². The molecule has 130 valence electrons. The Kier molecular flexibility index (Phi) is 6.15. The number of benzene rings is 1. The van der Waals surface area contributed by atoms with E-state index in [1.54, 1.807) is 13.2 Å². The van der Waals surface area contributed by atoms with Gasteiger partial charge in [0.1, 0.15) is 11.6 Å². The standard InChI is InChI=1S/C18H24ClN3O2/c1-18(2,3)17-21-12(11-24-4)9-16(22-17)20-10-15(23)13-7-5-6-8-14(13)19/h5-9,15,23H,10-11H2,1-4H3,(H,20,21,22). The number of hydrogen-bond acceptors (Lipinski definition) is 5. The fourth-order valence-corrected chi connectivity index (χ4v) is 2.46. The van der Waals surface area contributed by atoms with Crippen LogP contribution >= 0.6 is 11.6 Å². The van der Waals surface area contributed by atoms with E-state index in [9.17, 15) is 5.11 Å². The monoisotopic (exact) mass is 349 g/mol. The molecule has 6 heteroatoms. The van der Waals surface area contributed by atoms with Crippen molar-refractivity contribution < 1.29 is 9.84 Å². The molecule has 0 bridgehead atoms. The summed E-state index contributed by atoms with van der Waals surface area (Å²) in [4.78, 5) is 9.09. The molecule has 2 rings (SSSR count). The van der Waals surface area contributed by atoms with Crippen molar-refractivity contribution in [3.05, 3.63) is 52.4 Å². The van der Waals surface area contributed by atoms with Crippen LogP contribution in [0.4, 0.5) is 5.82 Å². The average molecular weight is 350 g/mol. The highest BCUT2D eigenvalue weighted by Crippen LogP contribution is 2.24. The van der Waals surface area contributed by atoms with Crippen molar-refractivity contribution in [3.63, 3.8) is 0 Å². The second-order valence-electron chi connectivity index (χ2n) is 6.67. The van der Waals surface area contributed by atoms with Crippen LogP contribution in [0.5, 0.6) is 0 Å². The van der Waals surface area contributed by atoms with Gasteiger partial charge >= 0.3 is 0 Å². The van der Waals surface area contributed by atoms with Crippen LogP contribution in [0.15, 0.2) is 30.3 Å². The number of aliphatic hydroxyl groups is 1. The van der Waals surface area contributed by atoms with Gasteiger partial charge in [-0.25, -0.2) is 9.97 Å². The third-order valence-electron chi connectivity index (χ3n) is 3.48. The molecule has 2 aromatic rings. The maximum atomic E-state index is 10.3. The molecule has 2 N–H and O–H groups in total. The second-order valence-corrected chi connectivity index (χ2v) is 7.08. The van der Waals surface area contributed by atoms with E-state index in [4.69, 9.17) is 16.3 Å². The number of aliphatic hydroxyl groups excluding tert-OH is 1. The Bertz CT molecular complexity index is 686. The number of aromatic nitrogens is 2. The molecule has 24 heavy (non-hydrogen) atoms. The van der Waals surface area contributed by atoms with Gasteiger partial charge in [0.15, 0.2) is 0 Å². The molecule has 0 aliphatic heterocycles. The SMILES string of the molecule is COCc1cc(NCC(O)c2ccccc2Cl)nc(C(C)(C)C)n1.